The van der Waals surface area contributed by atoms with Gasteiger partial charge in [0.05, 0.1) is 13.7 Å². The van der Waals surface area contributed by atoms with Gasteiger partial charge in [0, 0.05) is 37.9 Å². The molecule has 0 radical (unpaired) electrons. The third-order valence-corrected chi connectivity index (χ3v) is 6.15. The van der Waals surface area contributed by atoms with Crippen LogP contribution in [0, 0.1) is 27.7 Å². The Morgan fingerprint density at radius 1 is 0.909 bits per heavy atom. The largest absolute Gasteiger partial charge is 0.508 e. The highest BCUT2D eigenvalue weighted by Crippen LogP contribution is 2.37. The normalized spacial score (nSPS) is 11.1. The maximum absolute atomic E-state index is 10.6. The zero-order valence-corrected chi connectivity index (χ0v) is 22.1. The molecule has 0 aliphatic heterocycles. The third-order valence-electron chi connectivity index (χ3n) is 6.15. The predicted molar refractivity (Wildman–Crippen MR) is 136 cm³/mol. The zero-order chi connectivity index (χ0) is 24.0. The molecule has 0 aliphatic rings. The van der Waals surface area contributed by atoms with Crippen LogP contribution in [-0.2, 0) is 11.3 Å². The van der Waals surface area contributed by atoms with Crippen molar-refractivity contribution in [3.63, 3.8) is 0 Å². The van der Waals surface area contributed by atoms with Crippen LogP contribution in [0.25, 0.3) is 0 Å². The first-order valence-electron chi connectivity index (χ1n) is 11.1. The van der Waals surface area contributed by atoms with Gasteiger partial charge in [-0.15, -0.1) is 12.4 Å². The summed E-state index contributed by atoms with van der Waals surface area (Å²) in [5.74, 6) is 2.48. The number of ether oxygens (including phenoxy) is 3. The van der Waals surface area contributed by atoms with Gasteiger partial charge in [-0.2, -0.15) is 0 Å². The average Bonchev–Trinajstić information content (AvgIpc) is 2.76. The first-order chi connectivity index (χ1) is 15.1. The lowest BCUT2D eigenvalue weighted by Gasteiger charge is -2.26. The summed E-state index contributed by atoms with van der Waals surface area (Å²) >= 11 is 0. The molecule has 0 saturated carbocycles. The molecule has 2 rings (SSSR count). The van der Waals surface area contributed by atoms with Crippen molar-refractivity contribution in [2.24, 2.45) is 0 Å². The first-order valence-corrected chi connectivity index (χ1v) is 11.1. The summed E-state index contributed by atoms with van der Waals surface area (Å²) in [6.45, 7) is 15.0. The summed E-state index contributed by atoms with van der Waals surface area (Å²) in [5.41, 5.74) is 5.41. The molecule has 0 bridgehead atoms. The van der Waals surface area contributed by atoms with Crippen molar-refractivity contribution in [1.29, 1.82) is 0 Å². The fourth-order valence-electron chi connectivity index (χ4n) is 3.90. The van der Waals surface area contributed by atoms with Crippen molar-refractivity contribution in [2.45, 2.75) is 54.0 Å². The zero-order valence-electron chi connectivity index (χ0n) is 21.2. The van der Waals surface area contributed by atoms with Crippen LogP contribution in [0.4, 0.5) is 0 Å². The van der Waals surface area contributed by atoms with Gasteiger partial charge >= 0.3 is 0 Å². The number of aromatic hydroxyl groups is 2. The minimum absolute atomic E-state index is 0. The smallest absolute Gasteiger partial charge is 0.127 e. The van der Waals surface area contributed by atoms with Crippen molar-refractivity contribution in [1.82, 2.24) is 4.90 Å². The molecule has 2 N–H and O–H groups in total. The van der Waals surface area contributed by atoms with Gasteiger partial charge in [-0.1, -0.05) is 13.8 Å². The van der Waals surface area contributed by atoms with Gasteiger partial charge < -0.3 is 24.4 Å². The number of hydrogen-bond acceptors (Lipinski definition) is 6. The van der Waals surface area contributed by atoms with Crippen LogP contribution in [-0.4, -0.2) is 55.6 Å². The summed E-state index contributed by atoms with van der Waals surface area (Å²) in [4.78, 5) is 2.24. The van der Waals surface area contributed by atoms with Crippen molar-refractivity contribution >= 4 is 12.4 Å². The average molecular weight is 482 g/mol. The maximum Gasteiger partial charge on any atom is 0.127 e. The number of aryl methyl sites for hydroxylation is 1. The Balaban J connectivity index is 0.00000544. The van der Waals surface area contributed by atoms with Gasteiger partial charge in [0.25, 0.3) is 0 Å². The van der Waals surface area contributed by atoms with Gasteiger partial charge in [-0.3, -0.25) is 4.90 Å². The van der Waals surface area contributed by atoms with E-state index in [1.54, 1.807) is 20.3 Å². The van der Waals surface area contributed by atoms with Gasteiger partial charge in [0.15, 0.2) is 0 Å². The standard InChI is InChI=1S/C26H39NO5.ClH/c1-16(2)21-14-23(28)17(3)13-24(21)32-12-10-27(9-11-30-7)15-22-20(6)25(29)18(4)19(5)26(22)31-8;/h13-14,16,28-29H,9-12,15H2,1-8H3;1H. The molecule has 0 aliphatic carbocycles. The van der Waals surface area contributed by atoms with Gasteiger partial charge in [-0.05, 0) is 68.0 Å². The van der Waals surface area contributed by atoms with E-state index in [2.05, 4.69) is 18.7 Å². The molecule has 2 aromatic rings. The molecule has 0 spiro atoms. The van der Waals surface area contributed by atoms with Crippen LogP contribution in [0.1, 0.15) is 53.1 Å². The van der Waals surface area contributed by atoms with Gasteiger partial charge in [0.2, 0.25) is 0 Å². The van der Waals surface area contributed by atoms with E-state index in [0.717, 1.165) is 51.4 Å². The van der Waals surface area contributed by atoms with Crippen molar-refractivity contribution in [2.75, 3.05) is 40.5 Å². The molecule has 33 heavy (non-hydrogen) atoms. The highest BCUT2D eigenvalue weighted by atomic mass is 35.5. The molecule has 0 fully saturated rings. The van der Waals surface area contributed by atoms with E-state index in [-0.39, 0.29) is 18.3 Å². The Morgan fingerprint density at radius 3 is 2.12 bits per heavy atom. The number of hydrogen-bond donors (Lipinski definition) is 2. The first kappa shape index (κ1) is 28.9. The lowest BCUT2D eigenvalue weighted by molar-refractivity contribution is 0.129. The number of benzene rings is 2. The third kappa shape index (κ3) is 6.92. The second-order valence-electron chi connectivity index (χ2n) is 8.68. The highest BCUT2D eigenvalue weighted by Gasteiger charge is 2.20. The van der Waals surface area contributed by atoms with Crippen LogP contribution in [0.15, 0.2) is 12.1 Å². The number of halogens is 1. The molecule has 0 saturated heterocycles. The molecular formula is C26H40ClNO5. The Bertz CT molecular complexity index is 930. The summed E-state index contributed by atoms with van der Waals surface area (Å²) in [7, 11) is 3.36. The monoisotopic (exact) mass is 481 g/mol. The predicted octanol–water partition coefficient (Wildman–Crippen LogP) is 5.41. The molecule has 0 heterocycles. The summed E-state index contributed by atoms with van der Waals surface area (Å²) in [6.07, 6.45) is 0. The van der Waals surface area contributed by atoms with Crippen LogP contribution >= 0.6 is 12.4 Å². The second kappa shape index (κ2) is 12.9. The molecule has 0 atom stereocenters. The quantitative estimate of drug-likeness (QED) is 0.447. The molecular weight excluding hydrogens is 442 g/mol. The Hall–Kier alpha value is -2.15. The molecule has 0 aromatic heterocycles. The number of phenols is 2. The second-order valence-corrected chi connectivity index (χ2v) is 8.68. The fourth-order valence-corrected chi connectivity index (χ4v) is 3.90. The van der Waals surface area contributed by atoms with Crippen LogP contribution in [0.3, 0.4) is 0 Å². The summed E-state index contributed by atoms with van der Waals surface area (Å²) < 4.78 is 17.2. The van der Waals surface area contributed by atoms with E-state index in [9.17, 15) is 10.2 Å². The molecule has 0 unspecified atom stereocenters. The van der Waals surface area contributed by atoms with Crippen LogP contribution in [0.5, 0.6) is 23.0 Å². The van der Waals surface area contributed by atoms with Gasteiger partial charge in [0.1, 0.15) is 29.6 Å². The summed E-state index contributed by atoms with van der Waals surface area (Å²) in [5, 5.41) is 20.7. The fraction of sp³-hybridized carbons (Fsp3) is 0.538. The molecule has 186 valence electrons. The van der Waals surface area contributed by atoms with Gasteiger partial charge in [-0.25, -0.2) is 0 Å². The number of phenolic OH excluding ortho intramolecular Hbond substituents is 2. The van der Waals surface area contributed by atoms with Crippen molar-refractivity contribution in [3.8, 4) is 23.0 Å². The number of nitrogens with zero attached hydrogens (tertiary/aromatic N) is 1. The SMILES string of the molecule is COCCN(CCOc1cc(C)c(O)cc1C(C)C)Cc1c(C)c(O)c(C)c(C)c1OC.Cl. The number of methoxy groups -OCH3 is 2. The topological polar surface area (TPSA) is 71.4 Å². The van der Waals surface area contributed by atoms with E-state index >= 15 is 0 Å². The Kier molecular flexibility index (Phi) is 11.3. The van der Waals surface area contributed by atoms with E-state index in [1.807, 2.05) is 33.8 Å². The van der Waals surface area contributed by atoms with Crippen molar-refractivity contribution in [3.05, 3.63) is 45.5 Å². The Morgan fingerprint density at radius 2 is 1.55 bits per heavy atom. The molecule has 6 nitrogen and oxygen atoms in total. The number of rotatable bonds is 11. The lowest BCUT2D eigenvalue weighted by Crippen LogP contribution is -2.32. The highest BCUT2D eigenvalue weighted by molar-refractivity contribution is 5.85. The van der Waals surface area contributed by atoms with Crippen molar-refractivity contribution < 1.29 is 24.4 Å². The van der Waals surface area contributed by atoms with E-state index in [4.69, 9.17) is 14.2 Å². The lowest BCUT2D eigenvalue weighted by atomic mass is 9.97. The minimum atomic E-state index is 0. The molecule has 2 aromatic carbocycles. The van der Waals surface area contributed by atoms with E-state index in [1.165, 1.54) is 0 Å². The Labute approximate surface area is 204 Å². The maximum atomic E-state index is 10.6. The van der Waals surface area contributed by atoms with Crippen LogP contribution in [0.2, 0.25) is 0 Å². The summed E-state index contributed by atoms with van der Waals surface area (Å²) in [6, 6.07) is 3.70. The van der Waals surface area contributed by atoms with E-state index < -0.39 is 0 Å². The van der Waals surface area contributed by atoms with Crippen LogP contribution < -0.4 is 9.47 Å². The molecule has 7 heteroatoms. The van der Waals surface area contributed by atoms with E-state index in [0.29, 0.717) is 37.8 Å². The molecule has 0 amide bonds. The minimum Gasteiger partial charge on any atom is -0.508 e.